The molecule has 3 nitrogen and oxygen atoms in total. The van der Waals surface area contributed by atoms with Gasteiger partial charge < -0.3 is 9.47 Å². The summed E-state index contributed by atoms with van der Waals surface area (Å²) in [6, 6.07) is 17.9. The van der Waals surface area contributed by atoms with E-state index in [1.807, 2.05) is 54.6 Å². The van der Waals surface area contributed by atoms with Gasteiger partial charge >= 0.3 is 0 Å². The molecular weight excluding hydrogens is 240 g/mol. The molecule has 0 aliphatic heterocycles. The Morgan fingerprint density at radius 2 is 1.63 bits per heavy atom. The van der Waals surface area contributed by atoms with E-state index in [4.69, 9.17) is 4.74 Å². The average molecular weight is 256 g/mol. The lowest BCUT2D eigenvalue weighted by Crippen LogP contribution is -1.97. The van der Waals surface area contributed by atoms with E-state index in [2.05, 4.69) is 4.74 Å². The fourth-order valence-corrected chi connectivity index (χ4v) is 1.72. The number of ether oxygens (including phenoxy) is 2. The van der Waals surface area contributed by atoms with Crippen LogP contribution in [0.4, 0.5) is 0 Å². The van der Waals surface area contributed by atoms with Crippen LogP contribution < -0.4 is 4.74 Å². The molecular formula is C16H16O3. The van der Waals surface area contributed by atoms with Gasteiger partial charge in [0, 0.05) is 6.42 Å². The molecule has 0 amide bonds. The molecule has 0 bridgehead atoms. The lowest BCUT2D eigenvalue weighted by atomic mass is 10.1. The van der Waals surface area contributed by atoms with E-state index < -0.39 is 0 Å². The van der Waals surface area contributed by atoms with Crippen LogP contribution in [0.1, 0.15) is 11.1 Å². The van der Waals surface area contributed by atoms with Gasteiger partial charge in [0.15, 0.2) is 0 Å². The molecule has 0 aliphatic carbocycles. The van der Waals surface area contributed by atoms with Crippen molar-refractivity contribution in [1.29, 1.82) is 0 Å². The molecule has 2 aromatic carbocycles. The van der Waals surface area contributed by atoms with Crippen molar-refractivity contribution in [3.63, 3.8) is 0 Å². The highest BCUT2D eigenvalue weighted by Gasteiger charge is 1.97. The molecule has 19 heavy (non-hydrogen) atoms. The van der Waals surface area contributed by atoms with Gasteiger partial charge in [0.2, 0.25) is 0 Å². The SMILES string of the molecule is O=COCCc1ccc(OCc2ccccc2)cc1. The molecule has 0 fully saturated rings. The molecule has 3 heteroatoms. The van der Waals surface area contributed by atoms with Gasteiger partial charge in [-0.25, -0.2) is 0 Å². The highest BCUT2D eigenvalue weighted by atomic mass is 16.5. The van der Waals surface area contributed by atoms with Crippen LogP contribution in [0.3, 0.4) is 0 Å². The number of carbonyl (C=O) groups is 1. The molecule has 0 atom stereocenters. The molecule has 0 radical (unpaired) electrons. The molecule has 0 heterocycles. The van der Waals surface area contributed by atoms with E-state index in [0.29, 0.717) is 19.7 Å². The van der Waals surface area contributed by atoms with Crippen molar-refractivity contribution in [3.8, 4) is 5.75 Å². The second-order valence-electron chi connectivity index (χ2n) is 4.14. The molecule has 2 rings (SSSR count). The zero-order valence-corrected chi connectivity index (χ0v) is 10.6. The van der Waals surface area contributed by atoms with Gasteiger partial charge in [-0.3, -0.25) is 4.79 Å². The summed E-state index contributed by atoms with van der Waals surface area (Å²) < 4.78 is 10.3. The highest BCUT2D eigenvalue weighted by molar-refractivity contribution is 5.37. The van der Waals surface area contributed by atoms with Crippen LogP contribution in [0.25, 0.3) is 0 Å². The van der Waals surface area contributed by atoms with Crippen molar-refractivity contribution in [2.75, 3.05) is 6.61 Å². The van der Waals surface area contributed by atoms with Gasteiger partial charge in [-0.1, -0.05) is 42.5 Å². The monoisotopic (exact) mass is 256 g/mol. The summed E-state index contributed by atoms with van der Waals surface area (Å²) in [6.45, 7) is 1.44. The summed E-state index contributed by atoms with van der Waals surface area (Å²) in [5.41, 5.74) is 2.26. The quantitative estimate of drug-likeness (QED) is 0.564. The summed E-state index contributed by atoms with van der Waals surface area (Å²) in [4.78, 5) is 10.0. The second-order valence-corrected chi connectivity index (χ2v) is 4.14. The molecule has 0 spiro atoms. The Kier molecular flexibility index (Phi) is 4.99. The van der Waals surface area contributed by atoms with Crippen LogP contribution in [0.2, 0.25) is 0 Å². The Morgan fingerprint density at radius 1 is 0.895 bits per heavy atom. The number of benzene rings is 2. The Labute approximate surface area is 112 Å². The maximum Gasteiger partial charge on any atom is 0.293 e. The van der Waals surface area contributed by atoms with Crippen LogP contribution >= 0.6 is 0 Å². The summed E-state index contributed by atoms with van der Waals surface area (Å²) >= 11 is 0. The fraction of sp³-hybridized carbons (Fsp3) is 0.188. The minimum Gasteiger partial charge on any atom is -0.489 e. The van der Waals surface area contributed by atoms with Gasteiger partial charge in [0.05, 0.1) is 6.61 Å². The largest absolute Gasteiger partial charge is 0.489 e. The molecule has 0 saturated heterocycles. The molecule has 0 N–H and O–H groups in total. The average Bonchev–Trinajstić information content (AvgIpc) is 2.48. The van der Waals surface area contributed by atoms with Gasteiger partial charge in [-0.15, -0.1) is 0 Å². The third kappa shape index (κ3) is 4.47. The van der Waals surface area contributed by atoms with Gasteiger partial charge in [-0.2, -0.15) is 0 Å². The predicted molar refractivity (Wildman–Crippen MR) is 72.9 cm³/mol. The van der Waals surface area contributed by atoms with Gasteiger partial charge in [0.1, 0.15) is 12.4 Å². The van der Waals surface area contributed by atoms with Crippen LogP contribution in [-0.2, 0) is 22.6 Å². The zero-order chi connectivity index (χ0) is 13.3. The normalized spacial score (nSPS) is 9.89. The van der Waals surface area contributed by atoms with Crippen molar-refractivity contribution in [2.24, 2.45) is 0 Å². The highest BCUT2D eigenvalue weighted by Crippen LogP contribution is 2.14. The topological polar surface area (TPSA) is 35.5 Å². The Hall–Kier alpha value is -2.29. The summed E-state index contributed by atoms with van der Waals surface area (Å²) in [5.74, 6) is 0.837. The fourth-order valence-electron chi connectivity index (χ4n) is 1.72. The van der Waals surface area contributed by atoms with E-state index in [9.17, 15) is 4.79 Å². The maximum atomic E-state index is 10.0. The molecule has 98 valence electrons. The third-order valence-electron chi connectivity index (χ3n) is 2.75. The maximum absolute atomic E-state index is 10.0. The van der Waals surface area contributed by atoms with Crippen LogP contribution in [0.5, 0.6) is 5.75 Å². The Morgan fingerprint density at radius 3 is 2.32 bits per heavy atom. The molecule has 0 unspecified atom stereocenters. The number of hydrogen-bond donors (Lipinski definition) is 0. The van der Waals surface area contributed by atoms with Crippen molar-refractivity contribution in [2.45, 2.75) is 13.0 Å². The molecule has 2 aromatic rings. The van der Waals surface area contributed by atoms with Gasteiger partial charge in [-0.05, 0) is 23.3 Å². The summed E-state index contributed by atoms with van der Waals surface area (Å²) in [7, 11) is 0. The van der Waals surface area contributed by atoms with Crippen LogP contribution in [0, 0.1) is 0 Å². The first-order valence-corrected chi connectivity index (χ1v) is 6.19. The second kappa shape index (κ2) is 7.21. The molecule has 0 aliphatic rings. The molecule has 0 aromatic heterocycles. The summed E-state index contributed by atoms with van der Waals surface area (Å²) in [6.07, 6.45) is 0.720. The standard InChI is InChI=1S/C16H16O3/c17-13-18-11-10-14-6-8-16(9-7-14)19-12-15-4-2-1-3-5-15/h1-9,13H,10-12H2. The van der Waals surface area contributed by atoms with Crippen molar-refractivity contribution >= 4 is 6.47 Å². The first kappa shape index (κ1) is 13.1. The smallest absolute Gasteiger partial charge is 0.293 e. The third-order valence-corrected chi connectivity index (χ3v) is 2.75. The van der Waals surface area contributed by atoms with E-state index in [-0.39, 0.29) is 0 Å². The number of carbonyl (C=O) groups excluding carboxylic acids is 1. The van der Waals surface area contributed by atoms with Crippen molar-refractivity contribution < 1.29 is 14.3 Å². The lowest BCUT2D eigenvalue weighted by Gasteiger charge is -2.07. The van der Waals surface area contributed by atoms with E-state index in [0.717, 1.165) is 23.3 Å². The first-order valence-electron chi connectivity index (χ1n) is 6.19. The Balaban J connectivity index is 1.83. The van der Waals surface area contributed by atoms with Gasteiger partial charge in [0.25, 0.3) is 6.47 Å². The Bertz CT molecular complexity index is 491. The lowest BCUT2D eigenvalue weighted by molar-refractivity contribution is -0.128. The zero-order valence-electron chi connectivity index (χ0n) is 10.6. The van der Waals surface area contributed by atoms with E-state index in [1.165, 1.54) is 0 Å². The minimum atomic E-state index is 0.410. The first-order chi connectivity index (χ1) is 9.38. The van der Waals surface area contributed by atoms with E-state index in [1.54, 1.807) is 0 Å². The van der Waals surface area contributed by atoms with Crippen molar-refractivity contribution in [1.82, 2.24) is 0 Å². The molecule has 0 saturated carbocycles. The van der Waals surface area contributed by atoms with Crippen LogP contribution in [0.15, 0.2) is 54.6 Å². The predicted octanol–water partition coefficient (Wildman–Crippen LogP) is 2.98. The number of hydrogen-bond acceptors (Lipinski definition) is 3. The summed E-state index contributed by atoms with van der Waals surface area (Å²) in [5, 5.41) is 0. The van der Waals surface area contributed by atoms with Crippen molar-refractivity contribution in [3.05, 3.63) is 65.7 Å². The van der Waals surface area contributed by atoms with E-state index >= 15 is 0 Å². The van der Waals surface area contributed by atoms with Crippen LogP contribution in [-0.4, -0.2) is 13.1 Å². The minimum absolute atomic E-state index is 0.410. The number of rotatable bonds is 7.